The maximum atomic E-state index is 11.5. The standard InChI is InChI=1S/C15H30N2O6/c1-16(2)6-8-21-10-12-23-13-11-22-9-7-17(3)14(18)4-5-15(19)20/h4-13H2,1-3H3,(H,19,20). The molecule has 0 aromatic rings. The number of ether oxygens (including phenoxy) is 3. The fourth-order valence-corrected chi connectivity index (χ4v) is 1.52. The molecule has 136 valence electrons. The highest BCUT2D eigenvalue weighted by molar-refractivity contribution is 5.80. The SMILES string of the molecule is CN(C)CCOCCOCCOCCN(C)C(=O)CCC(=O)O. The first-order chi connectivity index (χ1) is 10.9. The van der Waals surface area contributed by atoms with Crippen LogP contribution >= 0.6 is 0 Å². The summed E-state index contributed by atoms with van der Waals surface area (Å²) in [5.74, 6) is -1.16. The molecule has 0 spiro atoms. The number of carbonyl (C=O) groups is 2. The van der Waals surface area contributed by atoms with E-state index < -0.39 is 5.97 Å². The second-order valence-electron chi connectivity index (χ2n) is 5.35. The average molecular weight is 334 g/mol. The van der Waals surface area contributed by atoms with Crippen molar-refractivity contribution in [1.82, 2.24) is 9.80 Å². The molecule has 1 N–H and O–H groups in total. The van der Waals surface area contributed by atoms with Gasteiger partial charge in [0.05, 0.1) is 46.1 Å². The van der Waals surface area contributed by atoms with E-state index in [9.17, 15) is 9.59 Å². The molecular weight excluding hydrogens is 304 g/mol. The molecule has 0 aromatic heterocycles. The van der Waals surface area contributed by atoms with Gasteiger partial charge < -0.3 is 29.1 Å². The third-order valence-corrected chi connectivity index (χ3v) is 2.98. The topological polar surface area (TPSA) is 88.5 Å². The van der Waals surface area contributed by atoms with E-state index in [2.05, 4.69) is 4.90 Å². The minimum atomic E-state index is -0.967. The number of amides is 1. The molecule has 0 unspecified atom stereocenters. The summed E-state index contributed by atoms with van der Waals surface area (Å²) in [6.45, 7) is 4.45. The summed E-state index contributed by atoms with van der Waals surface area (Å²) in [5, 5.41) is 8.51. The molecule has 8 nitrogen and oxygen atoms in total. The van der Waals surface area contributed by atoms with Crippen molar-refractivity contribution in [2.45, 2.75) is 12.8 Å². The number of hydrogen-bond donors (Lipinski definition) is 1. The van der Waals surface area contributed by atoms with E-state index in [1.54, 1.807) is 7.05 Å². The molecule has 23 heavy (non-hydrogen) atoms. The predicted octanol–water partition coefficient (Wildman–Crippen LogP) is -0.0790. The predicted molar refractivity (Wildman–Crippen MR) is 85.5 cm³/mol. The summed E-state index contributed by atoms with van der Waals surface area (Å²) in [6.07, 6.45) is -0.128. The van der Waals surface area contributed by atoms with Crippen LogP contribution in [0.3, 0.4) is 0 Å². The number of likely N-dealkylation sites (N-methyl/N-ethyl adjacent to an activating group) is 2. The van der Waals surface area contributed by atoms with Crippen LogP contribution in [0, 0.1) is 0 Å². The number of rotatable bonds is 15. The fraction of sp³-hybridized carbons (Fsp3) is 0.867. The Morgan fingerprint density at radius 1 is 0.783 bits per heavy atom. The quantitative estimate of drug-likeness (QED) is 0.419. The van der Waals surface area contributed by atoms with Gasteiger partial charge in [-0.2, -0.15) is 0 Å². The minimum Gasteiger partial charge on any atom is -0.481 e. The van der Waals surface area contributed by atoms with Crippen LogP contribution in [0.25, 0.3) is 0 Å². The Balaban J connectivity index is 3.32. The van der Waals surface area contributed by atoms with Crippen LogP contribution in [0.2, 0.25) is 0 Å². The molecular formula is C15H30N2O6. The van der Waals surface area contributed by atoms with Crippen molar-refractivity contribution in [3.63, 3.8) is 0 Å². The van der Waals surface area contributed by atoms with Gasteiger partial charge in [-0.25, -0.2) is 0 Å². The maximum Gasteiger partial charge on any atom is 0.303 e. The Morgan fingerprint density at radius 3 is 1.74 bits per heavy atom. The molecule has 0 rings (SSSR count). The van der Waals surface area contributed by atoms with Crippen LogP contribution in [-0.4, -0.2) is 101 Å². The van der Waals surface area contributed by atoms with Gasteiger partial charge >= 0.3 is 5.97 Å². The summed E-state index contributed by atoms with van der Waals surface area (Å²) in [6, 6.07) is 0. The number of carbonyl (C=O) groups excluding carboxylic acids is 1. The molecule has 0 heterocycles. The Kier molecular flexibility index (Phi) is 13.6. The number of nitrogens with zero attached hydrogens (tertiary/aromatic N) is 2. The smallest absolute Gasteiger partial charge is 0.303 e. The Labute approximate surface area is 138 Å². The normalized spacial score (nSPS) is 11.0. The Bertz CT molecular complexity index is 325. The molecule has 0 aliphatic rings. The van der Waals surface area contributed by atoms with E-state index in [4.69, 9.17) is 19.3 Å². The fourth-order valence-electron chi connectivity index (χ4n) is 1.52. The van der Waals surface area contributed by atoms with E-state index in [-0.39, 0.29) is 18.7 Å². The summed E-state index contributed by atoms with van der Waals surface area (Å²) in [4.78, 5) is 25.5. The Hall–Kier alpha value is -1.22. The van der Waals surface area contributed by atoms with Crippen molar-refractivity contribution in [1.29, 1.82) is 0 Å². The first-order valence-electron chi connectivity index (χ1n) is 7.77. The van der Waals surface area contributed by atoms with Crippen molar-refractivity contribution in [3.05, 3.63) is 0 Å². The highest BCUT2D eigenvalue weighted by Crippen LogP contribution is 1.95. The van der Waals surface area contributed by atoms with Crippen LogP contribution in [0.15, 0.2) is 0 Å². The first-order valence-corrected chi connectivity index (χ1v) is 7.77. The first kappa shape index (κ1) is 21.8. The minimum absolute atomic E-state index is 0.0166. The molecule has 0 atom stereocenters. The Morgan fingerprint density at radius 2 is 1.26 bits per heavy atom. The number of carboxylic acids is 1. The molecule has 0 radical (unpaired) electrons. The van der Waals surface area contributed by atoms with Gasteiger partial charge in [-0.1, -0.05) is 0 Å². The highest BCUT2D eigenvalue weighted by atomic mass is 16.5. The highest BCUT2D eigenvalue weighted by Gasteiger charge is 2.10. The van der Waals surface area contributed by atoms with Gasteiger partial charge in [0.1, 0.15) is 0 Å². The summed E-state index contributed by atoms with van der Waals surface area (Å²) >= 11 is 0. The van der Waals surface area contributed by atoms with Gasteiger partial charge in [-0.3, -0.25) is 9.59 Å². The van der Waals surface area contributed by atoms with Gasteiger partial charge in [-0.15, -0.1) is 0 Å². The molecule has 0 fully saturated rings. The van der Waals surface area contributed by atoms with Crippen LogP contribution in [0.1, 0.15) is 12.8 Å². The summed E-state index contributed by atoms with van der Waals surface area (Å²) in [7, 11) is 5.62. The molecule has 0 bridgehead atoms. The van der Waals surface area contributed by atoms with Crippen LogP contribution in [0.5, 0.6) is 0 Å². The number of carboxylic acid groups (broad SMARTS) is 1. The molecule has 0 aliphatic heterocycles. The molecule has 8 heteroatoms. The average Bonchev–Trinajstić information content (AvgIpc) is 2.49. The molecule has 0 saturated carbocycles. The van der Waals surface area contributed by atoms with Crippen molar-refractivity contribution in [2.75, 3.05) is 73.9 Å². The largest absolute Gasteiger partial charge is 0.481 e. The van der Waals surface area contributed by atoms with Gasteiger partial charge in [0.2, 0.25) is 5.91 Å². The number of hydrogen-bond acceptors (Lipinski definition) is 6. The van der Waals surface area contributed by atoms with Crippen LogP contribution < -0.4 is 0 Å². The lowest BCUT2D eigenvalue weighted by atomic mass is 10.3. The monoisotopic (exact) mass is 334 g/mol. The third kappa shape index (κ3) is 15.4. The van der Waals surface area contributed by atoms with Crippen molar-refractivity contribution >= 4 is 11.9 Å². The zero-order valence-corrected chi connectivity index (χ0v) is 14.5. The van der Waals surface area contributed by atoms with E-state index in [0.29, 0.717) is 46.2 Å². The molecule has 0 saturated heterocycles. The van der Waals surface area contributed by atoms with Crippen molar-refractivity contribution in [3.8, 4) is 0 Å². The number of aliphatic carboxylic acids is 1. The molecule has 1 amide bonds. The van der Waals surface area contributed by atoms with Crippen molar-refractivity contribution < 1.29 is 28.9 Å². The molecule has 0 aromatic carbocycles. The van der Waals surface area contributed by atoms with Gasteiger partial charge in [0, 0.05) is 26.6 Å². The second kappa shape index (κ2) is 14.4. The van der Waals surface area contributed by atoms with Crippen LogP contribution in [0.4, 0.5) is 0 Å². The van der Waals surface area contributed by atoms with E-state index in [1.807, 2.05) is 14.1 Å². The summed E-state index contributed by atoms with van der Waals surface area (Å²) in [5.41, 5.74) is 0. The molecule has 0 aliphatic carbocycles. The van der Waals surface area contributed by atoms with E-state index in [0.717, 1.165) is 6.54 Å². The van der Waals surface area contributed by atoms with Gasteiger partial charge in [0.25, 0.3) is 0 Å². The zero-order valence-electron chi connectivity index (χ0n) is 14.5. The van der Waals surface area contributed by atoms with Crippen molar-refractivity contribution in [2.24, 2.45) is 0 Å². The lowest BCUT2D eigenvalue weighted by Gasteiger charge is -2.16. The summed E-state index contributed by atoms with van der Waals surface area (Å²) < 4.78 is 16.1. The van der Waals surface area contributed by atoms with E-state index in [1.165, 1.54) is 4.90 Å². The lowest BCUT2D eigenvalue weighted by Crippen LogP contribution is -2.30. The van der Waals surface area contributed by atoms with Gasteiger partial charge in [0.15, 0.2) is 0 Å². The second-order valence-corrected chi connectivity index (χ2v) is 5.35. The zero-order chi connectivity index (χ0) is 17.5. The van der Waals surface area contributed by atoms with Crippen LogP contribution in [-0.2, 0) is 23.8 Å². The maximum absolute atomic E-state index is 11.5. The third-order valence-electron chi connectivity index (χ3n) is 2.98. The van der Waals surface area contributed by atoms with E-state index >= 15 is 0 Å². The lowest BCUT2D eigenvalue weighted by molar-refractivity contribution is -0.140. The van der Waals surface area contributed by atoms with Gasteiger partial charge in [-0.05, 0) is 14.1 Å².